The van der Waals surface area contributed by atoms with E-state index in [1.807, 2.05) is 30.3 Å². The van der Waals surface area contributed by atoms with Crippen molar-refractivity contribution < 1.29 is 10.2 Å². The van der Waals surface area contributed by atoms with Crippen LogP contribution in [0, 0.1) is 5.92 Å². The van der Waals surface area contributed by atoms with Gasteiger partial charge in [-0.1, -0.05) is 18.2 Å². The Bertz CT molecular complexity index is 531. The molecule has 0 aliphatic heterocycles. The van der Waals surface area contributed by atoms with Crippen molar-refractivity contribution in [3.05, 3.63) is 42.1 Å². The van der Waals surface area contributed by atoms with E-state index in [0.29, 0.717) is 0 Å². The number of hydrogen-bond acceptors (Lipinski definition) is 3. The van der Waals surface area contributed by atoms with E-state index in [1.165, 1.54) is 0 Å². The summed E-state index contributed by atoms with van der Waals surface area (Å²) < 4.78 is 0. The quantitative estimate of drug-likeness (QED) is 0.846. The highest BCUT2D eigenvalue weighted by Crippen LogP contribution is 2.39. The summed E-state index contributed by atoms with van der Waals surface area (Å²) in [6.45, 7) is 0. The van der Waals surface area contributed by atoms with Crippen LogP contribution in [0.25, 0.3) is 10.9 Å². The molecule has 2 N–H and O–H groups in total. The highest BCUT2D eigenvalue weighted by molar-refractivity contribution is 5.82. The topological polar surface area (TPSA) is 53.4 Å². The van der Waals surface area contributed by atoms with Crippen molar-refractivity contribution in [2.75, 3.05) is 0 Å². The molecular formula is C14H15NO2. The number of aliphatic hydroxyl groups excluding tert-OH is 2. The van der Waals surface area contributed by atoms with E-state index in [-0.39, 0.29) is 5.92 Å². The summed E-state index contributed by atoms with van der Waals surface area (Å²) in [6.07, 6.45) is 2.30. The molecule has 3 heteroatoms. The first-order valence-electron chi connectivity index (χ1n) is 5.97. The maximum absolute atomic E-state index is 10.2. The van der Waals surface area contributed by atoms with Crippen LogP contribution in [-0.2, 0) is 0 Å². The highest BCUT2D eigenvalue weighted by atomic mass is 16.3. The van der Waals surface area contributed by atoms with Crippen LogP contribution in [0.15, 0.2) is 36.5 Å². The number of fused-ring (bicyclic) bond motifs is 1. The molecular weight excluding hydrogens is 214 g/mol. The molecule has 1 aliphatic rings. The van der Waals surface area contributed by atoms with Crippen molar-refractivity contribution in [1.29, 1.82) is 0 Å². The molecule has 3 nitrogen and oxygen atoms in total. The summed E-state index contributed by atoms with van der Waals surface area (Å²) in [7, 11) is 0. The van der Waals surface area contributed by atoms with Gasteiger partial charge in [0, 0.05) is 11.6 Å². The fourth-order valence-corrected chi connectivity index (χ4v) is 2.26. The minimum absolute atomic E-state index is 0.261. The third-order valence-electron chi connectivity index (χ3n) is 3.43. The molecule has 2 aromatic rings. The van der Waals surface area contributed by atoms with Crippen LogP contribution in [0.3, 0.4) is 0 Å². The molecule has 1 saturated carbocycles. The standard InChI is InChI=1S/C14H15NO2/c16-13(9-6-7-9)14(17)11-3-1-5-12-10(11)4-2-8-15-12/h1-5,8-9,13-14,16-17H,6-7H2. The van der Waals surface area contributed by atoms with Crippen molar-refractivity contribution in [2.45, 2.75) is 25.0 Å². The molecule has 3 rings (SSSR count). The van der Waals surface area contributed by atoms with Gasteiger partial charge in [-0.25, -0.2) is 0 Å². The molecule has 2 atom stereocenters. The van der Waals surface area contributed by atoms with Gasteiger partial charge < -0.3 is 10.2 Å². The van der Waals surface area contributed by atoms with Crippen LogP contribution in [0.5, 0.6) is 0 Å². The first kappa shape index (κ1) is 10.7. The Morgan fingerprint density at radius 2 is 1.94 bits per heavy atom. The lowest BCUT2D eigenvalue weighted by Gasteiger charge is -2.19. The number of aromatic nitrogens is 1. The number of benzene rings is 1. The largest absolute Gasteiger partial charge is 0.390 e. The minimum atomic E-state index is -0.810. The van der Waals surface area contributed by atoms with Gasteiger partial charge in [0.25, 0.3) is 0 Å². The number of hydrogen-bond donors (Lipinski definition) is 2. The molecule has 0 spiro atoms. The fraction of sp³-hybridized carbons (Fsp3) is 0.357. The van der Waals surface area contributed by atoms with E-state index in [1.54, 1.807) is 6.20 Å². The van der Waals surface area contributed by atoms with Crippen molar-refractivity contribution >= 4 is 10.9 Å². The molecule has 88 valence electrons. The predicted octanol–water partition coefficient (Wildman–Crippen LogP) is 2.04. The van der Waals surface area contributed by atoms with Crippen LogP contribution in [0.4, 0.5) is 0 Å². The minimum Gasteiger partial charge on any atom is -0.390 e. The van der Waals surface area contributed by atoms with Gasteiger partial charge in [0.15, 0.2) is 0 Å². The van der Waals surface area contributed by atoms with Crippen LogP contribution < -0.4 is 0 Å². The number of aliphatic hydroxyl groups is 2. The molecule has 0 bridgehead atoms. The zero-order valence-corrected chi connectivity index (χ0v) is 9.45. The molecule has 1 fully saturated rings. The Morgan fingerprint density at radius 1 is 1.12 bits per heavy atom. The SMILES string of the molecule is OC(c1cccc2ncccc12)C(O)C1CC1. The first-order valence-corrected chi connectivity index (χ1v) is 5.97. The Morgan fingerprint density at radius 3 is 2.71 bits per heavy atom. The van der Waals surface area contributed by atoms with E-state index in [2.05, 4.69) is 4.98 Å². The van der Waals surface area contributed by atoms with Crippen molar-refractivity contribution in [2.24, 2.45) is 5.92 Å². The molecule has 1 aromatic heterocycles. The monoisotopic (exact) mass is 229 g/mol. The lowest BCUT2D eigenvalue weighted by molar-refractivity contribution is 0.00567. The summed E-state index contributed by atoms with van der Waals surface area (Å²) >= 11 is 0. The number of pyridine rings is 1. The molecule has 0 amide bonds. The predicted molar refractivity (Wildman–Crippen MR) is 65.4 cm³/mol. The average Bonchev–Trinajstić information content (AvgIpc) is 3.20. The zero-order valence-electron chi connectivity index (χ0n) is 9.45. The second-order valence-electron chi connectivity index (χ2n) is 4.69. The summed E-state index contributed by atoms with van der Waals surface area (Å²) in [5.41, 5.74) is 1.63. The second-order valence-corrected chi connectivity index (χ2v) is 4.69. The van der Waals surface area contributed by atoms with E-state index >= 15 is 0 Å². The molecule has 1 aromatic carbocycles. The van der Waals surface area contributed by atoms with Crippen molar-refractivity contribution in [1.82, 2.24) is 4.98 Å². The highest BCUT2D eigenvalue weighted by Gasteiger charge is 2.35. The molecule has 1 heterocycles. The van der Waals surface area contributed by atoms with Gasteiger partial charge >= 0.3 is 0 Å². The van der Waals surface area contributed by atoms with Gasteiger partial charge in [0.05, 0.1) is 11.6 Å². The maximum atomic E-state index is 10.2. The number of nitrogens with zero attached hydrogens (tertiary/aromatic N) is 1. The Labute approximate surface area is 99.7 Å². The third-order valence-corrected chi connectivity index (χ3v) is 3.43. The van der Waals surface area contributed by atoms with Crippen molar-refractivity contribution in [3.8, 4) is 0 Å². The second kappa shape index (κ2) is 4.09. The third kappa shape index (κ3) is 1.92. The summed E-state index contributed by atoms with van der Waals surface area (Å²) in [6, 6.07) is 9.42. The summed E-state index contributed by atoms with van der Waals surface area (Å²) in [5, 5.41) is 21.1. The Kier molecular flexibility index (Phi) is 2.57. The zero-order chi connectivity index (χ0) is 11.8. The first-order chi connectivity index (χ1) is 8.27. The number of rotatable bonds is 3. The maximum Gasteiger partial charge on any atom is 0.106 e. The van der Waals surface area contributed by atoms with Crippen LogP contribution in [0.1, 0.15) is 24.5 Å². The molecule has 2 unspecified atom stereocenters. The smallest absolute Gasteiger partial charge is 0.106 e. The Hall–Kier alpha value is -1.45. The van der Waals surface area contributed by atoms with E-state index in [4.69, 9.17) is 0 Å². The van der Waals surface area contributed by atoms with Gasteiger partial charge in [-0.05, 0) is 36.5 Å². The van der Waals surface area contributed by atoms with Crippen LogP contribution >= 0.6 is 0 Å². The lowest BCUT2D eigenvalue weighted by Crippen LogP contribution is -2.20. The summed E-state index contributed by atoms with van der Waals surface area (Å²) in [5.74, 6) is 0.261. The van der Waals surface area contributed by atoms with E-state index < -0.39 is 12.2 Å². The van der Waals surface area contributed by atoms with Crippen molar-refractivity contribution in [3.63, 3.8) is 0 Å². The summed E-state index contributed by atoms with van der Waals surface area (Å²) in [4.78, 5) is 4.25. The normalized spacial score (nSPS) is 19.2. The van der Waals surface area contributed by atoms with Gasteiger partial charge in [-0.15, -0.1) is 0 Å². The van der Waals surface area contributed by atoms with Crippen LogP contribution in [0.2, 0.25) is 0 Å². The fourth-order valence-electron chi connectivity index (χ4n) is 2.26. The van der Waals surface area contributed by atoms with Crippen LogP contribution in [-0.4, -0.2) is 21.3 Å². The Balaban J connectivity index is 2.03. The van der Waals surface area contributed by atoms with Gasteiger partial charge in [0.1, 0.15) is 6.10 Å². The van der Waals surface area contributed by atoms with E-state index in [9.17, 15) is 10.2 Å². The lowest BCUT2D eigenvalue weighted by atomic mass is 9.97. The van der Waals surface area contributed by atoms with E-state index in [0.717, 1.165) is 29.3 Å². The van der Waals surface area contributed by atoms with Gasteiger partial charge in [0.2, 0.25) is 0 Å². The molecule has 0 radical (unpaired) electrons. The molecule has 1 aliphatic carbocycles. The van der Waals surface area contributed by atoms with Gasteiger partial charge in [-0.2, -0.15) is 0 Å². The molecule has 0 saturated heterocycles. The molecule has 17 heavy (non-hydrogen) atoms. The average molecular weight is 229 g/mol. The van der Waals surface area contributed by atoms with Gasteiger partial charge in [-0.3, -0.25) is 4.98 Å².